The van der Waals surface area contributed by atoms with Gasteiger partial charge in [0.25, 0.3) is 0 Å². The number of aromatic nitrogens is 3. The molecule has 0 aliphatic carbocycles. The largest absolute Gasteiger partial charge is 0.250 e. The van der Waals surface area contributed by atoms with Gasteiger partial charge < -0.3 is 0 Å². The van der Waals surface area contributed by atoms with Gasteiger partial charge in [0.2, 0.25) is 0 Å². The molecule has 2 atom stereocenters. The van der Waals surface area contributed by atoms with Gasteiger partial charge in [-0.05, 0) is 48.3 Å². The summed E-state index contributed by atoms with van der Waals surface area (Å²) in [4.78, 5) is 4.15. The molecule has 0 saturated heterocycles. The van der Waals surface area contributed by atoms with Crippen LogP contribution >= 0.6 is 15.9 Å². The standard InChI is InChI=1S/C20H30BrN3/c1-16(20(2,3)4)19(24-15-22-14-23-24)9-7-5-6-8-17-10-12-18(21)13-11-17/h10-16,19H,5-9H2,1-4H3. The van der Waals surface area contributed by atoms with Crippen LogP contribution in [-0.2, 0) is 6.42 Å². The minimum atomic E-state index is 0.272. The van der Waals surface area contributed by atoms with E-state index in [4.69, 9.17) is 0 Å². The Morgan fingerprint density at radius 1 is 1.08 bits per heavy atom. The molecule has 1 aromatic carbocycles. The second-order valence-electron chi connectivity index (χ2n) is 7.82. The monoisotopic (exact) mass is 391 g/mol. The van der Waals surface area contributed by atoms with Gasteiger partial charge >= 0.3 is 0 Å². The summed E-state index contributed by atoms with van der Waals surface area (Å²) in [6.07, 6.45) is 9.60. The Balaban J connectivity index is 1.81. The SMILES string of the molecule is CC(C(CCCCCc1ccc(Br)cc1)n1cncn1)C(C)(C)C. The molecule has 0 bridgehead atoms. The molecule has 0 fully saturated rings. The van der Waals surface area contributed by atoms with Crippen molar-refractivity contribution in [2.45, 2.75) is 65.8 Å². The Morgan fingerprint density at radius 3 is 2.38 bits per heavy atom. The van der Waals surface area contributed by atoms with Crippen LogP contribution in [0.15, 0.2) is 41.4 Å². The van der Waals surface area contributed by atoms with Gasteiger partial charge in [-0.1, -0.05) is 68.6 Å². The molecule has 24 heavy (non-hydrogen) atoms. The van der Waals surface area contributed by atoms with Crippen LogP contribution in [0.5, 0.6) is 0 Å². The molecule has 0 aliphatic heterocycles. The number of nitrogens with zero attached hydrogens (tertiary/aromatic N) is 3. The topological polar surface area (TPSA) is 30.7 Å². The molecule has 0 aliphatic rings. The van der Waals surface area contributed by atoms with E-state index in [9.17, 15) is 0 Å². The van der Waals surface area contributed by atoms with Crippen LogP contribution in [0.1, 0.15) is 65.0 Å². The lowest BCUT2D eigenvalue weighted by Crippen LogP contribution is -2.28. The van der Waals surface area contributed by atoms with E-state index in [1.54, 1.807) is 6.33 Å². The highest BCUT2D eigenvalue weighted by atomic mass is 79.9. The highest BCUT2D eigenvalue weighted by Gasteiger charge is 2.29. The molecule has 3 nitrogen and oxygen atoms in total. The van der Waals surface area contributed by atoms with Gasteiger partial charge in [0.1, 0.15) is 12.7 Å². The average Bonchev–Trinajstić information content (AvgIpc) is 3.05. The third kappa shape index (κ3) is 5.73. The summed E-state index contributed by atoms with van der Waals surface area (Å²) in [5.41, 5.74) is 1.70. The molecule has 0 radical (unpaired) electrons. The molecular formula is C20H30BrN3. The van der Waals surface area contributed by atoms with E-state index >= 15 is 0 Å². The molecule has 0 spiro atoms. The van der Waals surface area contributed by atoms with Crippen LogP contribution in [0.25, 0.3) is 0 Å². The number of benzene rings is 1. The second kappa shape index (κ2) is 8.80. The molecule has 0 saturated carbocycles. The number of aryl methyl sites for hydroxylation is 1. The van der Waals surface area contributed by atoms with E-state index in [0.717, 1.165) is 10.9 Å². The third-order valence-corrected chi connectivity index (χ3v) is 5.63. The quantitative estimate of drug-likeness (QED) is 0.511. The van der Waals surface area contributed by atoms with E-state index in [0.29, 0.717) is 12.0 Å². The second-order valence-corrected chi connectivity index (χ2v) is 8.74. The first-order chi connectivity index (χ1) is 11.4. The lowest BCUT2D eigenvalue weighted by Gasteiger charge is -2.34. The summed E-state index contributed by atoms with van der Waals surface area (Å²) < 4.78 is 3.21. The predicted octanol–water partition coefficient (Wildman–Crippen LogP) is 6.07. The average molecular weight is 392 g/mol. The van der Waals surface area contributed by atoms with Gasteiger partial charge in [0, 0.05) is 4.47 Å². The summed E-state index contributed by atoms with van der Waals surface area (Å²) in [6, 6.07) is 9.11. The highest BCUT2D eigenvalue weighted by molar-refractivity contribution is 9.10. The summed E-state index contributed by atoms with van der Waals surface area (Å²) >= 11 is 3.49. The molecule has 2 rings (SSSR count). The van der Waals surface area contributed by atoms with Crippen LogP contribution in [-0.4, -0.2) is 14.8 Å². The normalized spacial score (nSPS) is 14.5. The van der Waals surface area contributed by atoms with Gasteiger partial charge in [0.15, 0.2) is 0 Å². The van der Waals surface area contributed by atoms with Crippen molar-refractivity contribution < 1.29 is 0 Å². The zero-order valence-electron chi connectivity index (χ0n) is 15.4. The van der Waals surface area contributed by atoms with Crippen LogP contribution in [0, 0.1) is 11.3 Å². The minimum Gasteiger partial charge on any atom is -0.250 e. The fraction of sp³-hybridized carbons (Fsp3) is 0.600. The van der Waals surface area contributed by atoms with Crippen molar-refractivity contribution in [2.24, 2.45) is 11.3 Å². The molecule has 0 amide bonds. The molecule has 2 aromatic rings. The fourth-order valence-corrected chi connectivity index (χ4v) is 3.35. The lowest BCUT2D eigenvalue weighted by atomic mass is 9.76. The Bertz CT molecular complexity index is 584. The van der Waals surface area contributed by atoms with E-state index in [-0.39, 0.29) is 5.41 Å². The highest BCUT2D eigenvalue weighted by Crippen LogP contribution is 2.36. The van der Waals surface area contributed by atoms with Gasteiger partial charge in [-0.25, -0.2) is 9.67 Å². The summed E-state index contributed by atoms with van der Waals surface area (Å²) in [5, 5.41) is 4.41. The number of halogens is 1. The van der Waals surface area contributed by atoms with Gasteiger partial charge in [-0.15, -0.1) is 0 Å². The van der Waals surface area contributed by atoms with Crippen LogP contribution in [0.4, 0.5) is 0 Å². The van der Waals surface area contributed by atoms with Crippen molar-refractivity contribution >= 4 is 15.9 Å². The van der Waals surface area contributed by atoms with Crippen molar-refractivity contribution in [1.29, 1.82) is 0 Å². The first kappa shape index (κ1) is 19.2. The molecule has 4 heteroatoms. The van der Waals surface area contributed by atoms with E-state index in [1.165, 1.54) is 31.2 Å². The third-order valence-electron chi connectivity index (χ3n) is 5.10. The minimum absolute atomic E-state index is 0.272. The first-order valence-electron chi connectivity index (χ1n) is 8.96. The smallest absolute Gasteiger partial charge is 0.137 e. The Hall–Kier alpha value is -1.16. The Labute approximate surface area is 155 Å². The fourth-order valence-electron chi connectivity index (χ4n) is 3.09. The van der Waals surface area contributed by atoms with Crippen molar-refractivity contribution in [3.8, 4) is 0 Å². The van der Waals surface area contributed by atoms with Crippen molar-refractivity contribution in [1.82, 2.24) is 14.8 Å². The zero-order valence-corrected chi connectivity index (χ0v) is 17.0. The Morgan fingerprint density at radius 2 is 1.79 bits per heavy atom. The van der Waals surface area contributed by atoms with Gasteiger partial charge in [0.05, 0.1) is 6.04 Å². The number of rotatable bonds is 8. The maximum Gasteiger partial charge on any atom is 0.137 e. The van der Waals surface area contributed by atoms with Crippen molar-refractivity contribution in [2.75, 3.05) is 0 Å². The van der Waals surface area contributed by atoms with E-state index in [2.05, 4.69) is 82.7 Å². The number of hydrogen-bond acceptors (Lipinski definition) is 2. The molecule has 2 unspecified atom stereocenters. The molecule has 1 aromatic heterocycles. The van der Waals surface area contributed by atoms with Crippen molar-refractivity contribution in [3.63, 3.8) is 0 Å². The lowest BCUT2D eigenvalue weighted by molar-refractivity contribution is 0.159. The zero-order chi connectivity index (χ0) is 17.6. The maximum absolute atomic E-state index is 4.41. The summed E-state index contributed by atoms with van der Waals surface area (Å²) in [7, 11) is 0. The molecule has 132 valence electrons. The summed E-state index contributed by atoms with van der Waals surface area (Å²) in [5.74, 6) is 0.561. The Kier molecular flexibility index (Phi) is 7.02. The van der Waals surface area contributed by atoms with Crippen LogP contribution in [0.2, 0.25) is 0 Å². The van der Waals surface area contributed by atoms with Crippen LogP contribution < -0.4 is 0 Å². The maximum atomic E-state index is 4.41. The molecule has 0 N–H and O–H groups in total. The van der Waals surface area contributed by atoms with Gasteiger partial charge in [-0.3, -0.25) is 0 Å². The molecular weight excluding hydrogens is 362 g/mol. The summed E-state index contributed by atoms with van der Waals surface area (Å²) in [6.45, 7) is 9.29. The first-order valence-corrected chi connectivity index (χ1v) is 9.76. The van der Waals surface area contributed by atoms with Crippen LogP contribution in [0.3, 0.4) is 0 Å². The van der Waals surface area contributed by atoms with E-state index in [1.807, 2.05) is 6.33 Å². The van der Waals surface area contributed by atoms with E-state index < -0.39 is 0 Å². The predicted molar refractivity (Wildman–Crippen MR) is 104 cm³/mol. The van der Waals surface area contributed by atoms with Gasteiger partial charge in [-0.2, -0.15) is 5.10 Å². The molecule has 1 heterocycles. The number of hydrogen-bond donors (Lipinski definition) is 0. The van der Waals surface area contributed by atoms with Crippen molar-refractivity contribution in [3.05, 3.63) is 47.0 Å². The number of unbranched alkanes of at least 4 members (excludes halogenated alkanes) is 2.